The Morgan fingerprint density at radius 3 is 2.65 bits per heavy atom. The molecule has 0 atom stereocenters. The number of nitrogens with zero attached hydrogens (tertiary/aromatic N) is 1. The lowest BCUT2D eigenvalue weighted by Crippen LogP contribution is -2.34. The molecule has 114 valence electrons. The average molecular weight is 366 g/mol. The van der Waals surface area contributed by atoms with Crippen LogP contribution in [0.25, 0.3) is 0 Å². The van der Waals surface area contributed by atoms with Gasteiger partial charge in [-0.15, -0.1) is 0 Å². The molecule has 20 heavy (non-hydrogen) atoms. The van der Waals surface area contributed by atoms with Crippen LogP contribution >= 0.6 is 15.9 Å². The smallest absolute Gasteiger partial charge is 0.301 e. The number of benzene rings is 1. The van der Waals surface area contributed by atoms with Crippen LogP contribution in [0.15, 0.2) is 22.7 Å². The molecule has 1 aromatic rings. The van der Waals surface area contributed by atoms with Crippen LogP contribution in [0.4, 0.5) is 5.69 Å². The molecule has 0 fully saturated rings. The highest BCUT2D eigenvalue weighted by atomic mass is 79.9. The van der Waals surface area contributed by atoms with Gasteiger partial charge in [0.05, 0.1) is 12.8 Å². The summed E-state index contributed by atoms with van der Waals surface area (Å²) < 4.78 is 34.0. The number of hydrogen-bond donors (Lipinski definition) is 2. The zero-order valence-electron chi connectivity index (χ0n) is 11.8. The van der Waals surface area contributed by atoms with Gasteiger partial charge in [0.25, 0.3) is 0 Å². The summed E-state index contributed by atoms with van der Waals surface area (Å²) in [6.45, 7) is 1.21. The summed E-state index contributed by atoms with van der Waals surface area (Å²) in [5, 5.41) is 2.98. The van der Waals surface area contributed by atoms with Crippen LogP contribution in [0.1, 0.15) is 6.42 Å². The van der Waals surface area contributed by atoms with E-state index in [0.29, 0.717) is 18.0 Å². The van der Waals surface area contributed by atoms with E-state index in [2.05, 4.69) is 26.0 Å². The highest BCUT2D eigenvalue weighted by Gasteiger charge is 2.17. The van der Waals surface area contributed by atoms with Gasteiger partial charge >= 0.3 is 10.2 Å². The van der Waals surface area contributed by atoms with E-state index in [1.807, 2.05) is 7.05 Å². The van der Waals surface area contributed by atoms with Crippen molar-refractivity contribution in [1.82, 2.24) is 9.62 Å². The zero-order valence-corrected chi connectivity index (χ0v) is 14.2. The molecule has 6 nitrogen and oxygen atoms in total. The van der Waals surface area contributed by atoms with Crippen molar-refractivity contribution in [2.75, 3.05) is 39.0 Å². The Labute approximate surface area is 128 Å². The van der Waals surface area contributed by atoms with E-state index in [1.165, 1.54) is 11.4 Å². The highest BCUT2D eigenvalue weighted by Crippen LogP contribution is 2.25. The summed E-state index contributed by atoms with van der Waals surface area (Å²) in [7, 11) is 1.36. The van der Waals surface area contributed by atoms with Gasteiger partial charge in [0.1, 0.15) is 5.75 Å². The molecule has 0 aliphatic heterocycles. The second-order valence-electron chi connectivity index (χ2n) is 4.27. The standard InChI is InChI=1S/C12H20BrN3O3S/c1-14-5-4-6-16(2)20(17,18)15-11-7-10(13)8-12(9-11)19-3/h7-9,14-15H,4-6H2,1-3H3. The molecule has 0 saturated heterocycles. The molecule has 8 heteroatoms. The molecular formula is C12H20BrN3O3S. The topological polar surface area (TPSA) is 70.7 Å². The maximum atomic E-state index is 12.1. The van der Waals surface area contributed by atoms with Crippen LogP contribution in [0.3, 0.4) is 0 Å². The summed E-state index contributed by atoms with van der Waals surface area (Å²) in [5.41, 5.74) is 0.455. The third kappa shape index (κ3) is 5.28. The SMILES string of the molecule is CNCCCN(C)S(=O)(=O)Nc1cc(Br)cc(OC)c1. The molecule has 0 unspecified atom stereocenters. The summed E-state index contributed by atoms with van der Waals surface area (Å²) in [4.78, 5) is 0. The second kappa shape index (κ2) is 7.82. The van der Waals surface area contributed by atoms with E-state index < -0.39 is 10.2 Å². The minimum absolute atomic E-state index is 0.446. The van der Waals surface area contributed by atoms with E-state index in [-0.39, 0.29) is 0 Å². The van der Waals surface area contributed by atoms with Crippen molar-refractivity contribution in [2.24, 2.45) is 0 Å². The monoisotopic (exact) mass is 365 g/mol. The molecular weight excluding hydrogens is 346 g/mol. The average Bonchev–Trinajstić information content (AvgIpc) is 2.37. The molecule has 0 radical (unpaired) electrons. The Morgan fingerprint density at radius 1 is 1.35 bits per heavy atom. The molecule has 0 saturated carbocycles. The quantitative estimate of drug-likeness (QED) is 0.687. The van der Waals surface area contributed by atoms with E-state index in [0.717, 1.165) is 17.4 Å². The Kier molecular flexibility index (Phi) is 6.74. The molecule has 0 bridgehead atoms. The first kappa shape index (κ1) is 17.2. The highest BCUT2D eigenvalue weighted by molar-refractivity contribution is 9.10. The Morgan fingerprint density at radius 2 is 2.05 bits per heavy atom. The Bertz CT molecular complexity index is 537. The molecule has 0 heterocycles. The lowest BCUT2D eigenvalue weighted by molar-refractivity contribution is 0.414. The van der Waals surface area contributed by atoms with Gasteiger partial charge in [-0.1, -0.05) is 15.9 Å². The molecule has 1 aromatic carbocycles. The number of methoxy groups -OCH3 is 1. The number of rotatable bonds is 8. The summed E-state index contributed by atoms with van der Waals surface area (Å²) in [6, 6.07) is 5.07. The van der Waals surface area contributed by atoms with Crippen molar-refractivity contribution in [3.8, 4) is 5.75 Å². The van der Waals surface area contributed by atoms with Gasteiger partial charge in [-0.2, -0.15) is 12.7 Å². The van der Waals surface area contributed by atoms with Crippen LogP contribution < -0.4 is 14.8 Å². The maximum absolute atomic E-state index is 12.1. The number of hydrogen-bond acceptors (Lipinski definition) is 4. The van der Waals surface area contributed by atoms with Crippen molar-refractivity contribution in [1.29, 1.82) is 0 Å². The molecule has 0 aliphatic rings. The number of nitrogens with one attached hydrogen (secondary N) is 2. The normalized spacial score (nSPS) is 11.7. The van der Waals surface area contributed by atoms with Gasteiger partial charge < -0.3 is 10.1 Å². The minimum atomic E-state index is -3.56. The molecule has 1 rings (SSSR count). The van der Waals surface area contributed by atoms with Crippen molar-refractivity contribution in [2.45, 2.75) is 6.42 Å². The van der Waals surface area contributed by atoms with Gasteiger partial charge in [-0.25, -0.2) is 0 Å². The molecule has 0 aromatic heterocycles. The largest absolute Gasteiger partial charge is 0.497 e. The van der Waals surface area contributed by atoms with Gasteiger partial charge in [0.2, 0.25) is 0 Å². The first-order valence-electron chi connectivity index (χ1n) is 6.12. The van der Waals surface area contributed by atoms with Crippen LogP contribution in [0.5, 0.6) is 5.75 Å². The Balaban J connectivity index is 2.77. The number of anilines is 1. The van der Waals surface area contributed by atoms with E-state index in [4.69, 9.17) is 4.74 Å². The second-order valence-corrected chi connectivity index (χ2v) is 6.96. The number of ether oxygens (including phenoxy) is 1. The van der Waals surface area contributed by atoms with E-state index >= 15 is 0 Å². The third-order valence-electron chi connectivity index (χ3n) is 2.66. The summed E-state index contributed by atoms with van der Waals surface area (Å²) in [6.07, 6.45) is 0.746. The number of halogens is 1. The van der Waals surface area contributed by atoms with Crippen LogP contribution in [0.2, 0.25) is 0 Å². The fourth-order valence-corrected chi connectivity index (χ4v) is 2.98. The van der Waals surface area contributed by atoms with Crippen LogP contribution in [-0.2, 0) is 10.2 Å². The molecule has 0 amide bonds. The van der Waals surface area contributed by atoms with Crippen LogP contribution in [0, 0.1) is 0 Å². The summed E-state index contributed by atoms with van der Waals surface area (Å²) >= 11 is 3.31. The molecule has 2 N–H and O–H groups in total. The van der Waals surface area contributed by atoms with Crippen molar-refractivity contribution in [3.63, 3.8) is 0 Å². The van der Waals surface area contributed by atoms with E-state index in [9.17, 15) is 8.42 Å². The maximum Gasteiger partial charge on any atom is 0.301 e. The molecule has 0 spiro atoms. The zero-order chi connectivity index (χ0) is 15.2. The predicted octanol–water partition coefficient (Wildman–Crippen LogP) is 1.66. The predicted molar refractivity (Wildman–Crippen MR) is 84.4 cm³/mol. The minimum Gasteiger partial charge on any atom is -0.497 e. The van der Waals surface area contributed by atoms with Gasteiger partial charge in [0.15, 0.2) is 0 Å². The first-order valence-corrected chi connectivity index (χ1v) is 8.35. The van der Waals surface area contributed by atoms with Crippen molar-refractivity contribution < 1.29 is 13.2 Å². The third-order valence-corrected chi connectivity index (χ3v) is 4.62. The van der Waals surface area contributed by atoms with Crippen molar-refractivity contribution >= 4 is 31.8 Å². The van der Waals surface area contributed by atoms with E-state index in [1.54, 1.807) is 25.2 Å². The fraction of sp³-hybridized carbons (Fsp3) is 0.500. The van der Waals surface area contributed by atoms with Gasteiger partial charge in [-0.05, 0) is 32.1 Å². The van der Waals surface area contributed by atoms with Gasteiger partial charge in [-0.3, -0.25) is 4.72 Å². The van der Waals surface area contributed by atoms with Gasteiger partial charge in [0, 0.05) is 24.1 Å². The molecule has 0 aliphatic carbocycles. The summed E-state index contributed by atoms with van der Waals surface area (Å²) in [5.74, 6) is 0.579. The lowest BCUT2D eigenvalue weighted by Gasteiger charge is -2.18. The van der Waals surface area contributed by atoms with Crippen LogP contribution in [-0.4, -0.2) is 47.0 Å². The lowest BCUT2D eigenvalue weighted by atomic mass is 10.3. The fourth-order valence-electron chi connectivity index (χ4n) is 1.57. The Hall–Kier alpha value is -0.830. The first-order chi connectivity index (χ1) is 9.39. The van der Waals surface area contributed by atoms with Crippen molar-refractivity contribution in [3.05, 3.63) is 22.7 Å².